The Morgan fingerprint density at radius 2 is 1.93 bits per heavy atom. The van der Waals surface area contributed by atoms with E-state index in [1.54, 1.807) is 6.07 Å². The largest absolute Gasteiger partial charge is 0.496 e. The zero-order valence-electron chi connectivity index (χ0n) is 14.6. The zero-order valence-corrected chi connectivity index (χ0v) is 14.6. The molecule has 3 aromatic rings. The number of aromatic nitrogens is 2. The van der Waals surface area contributed by atoms with Crippen molar-refractivity contribution in [3.8, 4) is 5.75 Å². The second kappa shape index (κ2) is 7.53. The van der Waals surface area contributed by atoms with Crippen molar-refractivity contribution in [1.29, 1.82) is 0 Å². The Bertz CT molecular complexity index is 1020. The van der Waals surface area contributed by atoms with Crippen LogP contribution in [0.1, 0.15) is 28.0 Å². The lowest BCUT2D eigenvalue weighted by molar-refractivity contribution is 0.0995. The molecule has 0 unspecified atom stereocenters. The summed E-state index contributed by atoms with van der Waals surface area (Å²) in [6.07, 6.45) is 1.48. The molecule has 0 fully saturated rings. The minimum Gasteiger partial charge on any atom is -0.496 e. The average Bonchev–Trinajstić information content (AvgIpc) is 2.64. The Labute approximate surface area is 154 Å². The fraction of sp³-hybridized carbons (Fsp3) is 0.211. The van der Waals surface area contributed by atoms with Crippen molar-refractivity contribution in [1.82, 2.24) is 10.2 Å². The Morgan fingerprint density at radius 3 is 2.63 bits per heavy atom. The van der Waals surface area contributed by atoms with Gasteiger partial charge >= 0.3 is 0 Å². The van der Waals surface area contributed by atoms with E-state index in [4.69, 9.17) is 16.2 Å². The van der Waals surface area contributed by atoms with E-state index in [9.17, 15) is 13.6 Å². The highest BCUT2D eigenvalue weighted by Crippen LogP contribution is 2.28. The summed E-state index contributed by atoms with van der Waals surface area (Å²) in [5, 5.41) is 8.11. The summed E-state index contributed by atoms with van der Waals surface area (Å²) in [6.45, 7) is 0. The molecule has 0 atom stereocenters. The van der Waals surface area contributed by atoms with E-state index in [0.717, 1.165) is 5.56 Å². The van der Waals surface area contributed by atoms with Gasteiger partial charge in [0.25, 0.3) is 5.91 Å². The minimum atomic E-state index is -0.795. The predicted octanol–water partition coefficient (Wildman–Crippen LogP) is 2.77. The highest BCUT2D eigenvalue weighted by Gasteiger charge is 2.17. The number of primary amides is 1. The van der Waals surface area contributed by atoms with Crippen LogP contribution in [0.2, 0.25) is 0 Å². The minimum absolute atomic E-state index is 0.0777. The molecule has 27 heavy (non-hydrogen) atoms. The number of aryl methyl sites for hydroxylation is 2. The van der Waals surface area contributed by atoms with E-state index in [1.165, 1.54) is 31.4 Å². The van der Waals surface area contributed by atoms with Crippen LogP contribution in [0.25, 0.3) is 10.9 Å². The molecule has 0 saturated carbocycles. The van der Waals surface area contributed by atoms with Gasteiger partial charge in [-0.1, -0.05) is 6.07 Å². The number of nitrogens with two attached hydrogens (primary N) is 2. The number of benzene rings is 2. The average molecular weight is 372 g/mol. The summed E-state index contributed by atoms with van der Waals surface area (Å²) < 4.78 is 32.8. The lowest BCUT2D eigenvalue weighted by Crippen LogP contribution is -2.17. The van der Waals surface area contributed by atoms with Gasteiger partial charge in [-0.2, -0.15) is 0 Å². The molecule has 0 radical (unpaired) electrons. The monoisotopic (exact) mass is 372 g/mol. The van der Waals surface area contributed by atoms with Gasteiger partial charge in [-0.25, -0.2) is 8.78 Å². The molecule has 2 aromatic carbocycles. The second-order valence-electron chi connectivity index (χ2n) is 6.06. The fourth-order valence-electron chi connectivity index (χ4n) is 3.03. The van der Waals surface area contributed by atoms with Gasteiger partial charge in [0.1, 0.15) is 22.9 Å². The molecule has 8 heteroatoms. The molecule has 140 valence electrons. The first kappa shape index (κ1) is 18.5. The summed E-state index contributed by atoms with van der Waals surface area (Å²) in [5.74, 6) is -1.17. The van der Waals surface area contributed by atoms with Gasteiger partial charge in [0.15, 0.2) is 5.69 Å². The number of nitrogens with zero attached hydrogens (tertiary/aromatic N) is 2. The van der Waals surface area contributed by atoms with Crippen LogP contribution in [0.4, 0.5) is 14.5 Å². The molecule has 6 nitrogen and oxygen atoms in total. The normalized spacial score (nSPS) is 10.9. The smallest absolute Gasteiger partial charge is 0.271 e. The van der Waals surface area contributed by atoms with Gasteiger partial charge in [0.2, 0.25) is 0 Å². The van der Waals surface area contributed by atoms with Gasteiger partial charge in [0.05, 0.1) is 12.8 Å². The number of carbonyl (C=O) groups is 1. The number of hydrogen-bond acceptors (Lipinski definition) is 5. The van der Waals surface area contributed by atoms with Crippen molar-refractivity contribution in [3.05, 3.63) is 58.8 Å². The molecule has 0 aliphatic rings. The highest BCUT2D eigenvalue weighted by atomic mass is 19.1. The highest BCUT2D eigenvalue weighted by molar-refractivity contribution is 6.04. The van der Waals surface area contributed by atoms with Gasteiger partial charge in [-0.15, -0.1) is 10.2 Å². The molecular formula is C19H18F2N4O2. The quantitative estimate of drug-likeness (QED) is 0.692. The molecule has 3 rings (SSSR count). The third-order valence-corrected chi connectivity index (χ3v) is 4.38. The summed E-state index contributed by atoms with van der Waals surface area (Å²) in [7, 11) is 1.47. The molecule has 4 N–H and O–H groups in total. The maximum absolute atomic E-state index is 14.4. The molecule has 0 aliphatic carbocycles. The molecule has 0 bridgehead atoms. The summed E-state index contributed by atoms with van der Waals surface area (Å²) in [6, 6.07) is 7.04. The third kappa shape index (κ3) is 3.64. The number of methoxy groups -OCH3 is 1. The molecular weight excluding hydrogens is 354 g/mol. The summed E-state index contributed by atoms with van der Waals surface area (Å²) in [5.41, 5.74) is 12.6. The number of amides is 1. The van der Waals surface area contributed by atoms with Crippen LogP contribution in [0.15, 0.2) is 30.3 Å². The van der Waals surface area contributed by atoms with Crippen LogP contribution < -0.4 is 16.2 Å². The first-order valence-electron chi connectivity index (χ1n) is 8.27. The molecule has 0 saturated heterocycles. The summed E-state index contributed by atoms with van der Waals surface area (Å²) >= 11 is 0. The maximum atomic E-state index is 14.4. The first-order valence-corrected chi connectivity index (χ1v) is 8.27. The topological polar surface area (TPSA) is 104 Å². The number of carbonyl (C=O) groups excluding carboxylic acids is 1. The Hall–Kier alpha value is -3.29. The lowest BCUT2D eigenvalue weighted by Gasteiger charge is -2.11. The number of halogens is 2. The van der Waals surface area contributed by atoms with E-state index in [-0.39, 0.29) is 17.2 Å². The van der Waals surface area contributed by atoms with E-state index in [2.05, 4.69) is 10.2 Å². The van der Waals surface area contributed by atoms with Crippen LogP contribution in [-0.2, 0) is 12.8 Å². The standard InChI is InChI=1S/C19H18F2N4O2/c1-27-15-9-11(20)6-5-10(15)3-2-4-12-14(21)8-7-13-16(22)18(19(23)26)25-24-17(12)13/h5-9H,2-4H2,1H3,(H2,22,24)(H2,23,26). The van der Waals surface area contributed by atoms with E-state index < -0.39 is 11.7 Å². The SMILES string of the molecule is COc1cc(F)ccc1CCCc1c(F)ccc2c(N)c(C(N)=O)nnc12. The van der Waals surface area contributed by atoms with Crippen LogP contribution in [0.5, 0.6) is 5.75 Å². The van der Waals surface area contributed by atoms with Gasteiger partial charge in [-0.05, 0) is 43.0 Å². The van der Waals surface area contributed by atoms with Crippen LogP contribution in [0.3, 0.4) is 0 Å². The van der Waals surface area contributed by atoms with Crippen molar-refractivity contribution in [2.24, 2.45) is 5.73 Å². The van der Waals surface area contributed by atoms with Gasteiger partial charge < -0.3 is 16.2 Å². The molecule has 1 amide bonds. The Kier molecular flexibility index (Phi) is 5.16. The van der Waals surface area contributed by atoms with Crippen molar-refractivity contribution in [3.63, 3.8) is 0 Å². The number of anilines is 1. The lowest BCUT2D eigenvalue weighted by atomic mass is 10.00. The van der Waals surface area contributed by atoms with E-state index >= 15 is 0 Å². The van der Waals surface area contributed by atoms with Crippen molar-refractivity contribution >= 4 is 22.5 Å². The van der Waals surface area contributed by atoms with E-state index in [1.807, 2.05) is 0 Å². The van der Waals surface area contributed by atoms with Gasteiger partial charge in [0, 0.05) is 17.0 Å². The first-order chi connectivity index (χ1) is 12.9. The van der Waals surface area contributed by atoms with Crippen molar-refractivity contribution in [2.45, 2.75) is 19.3 Å². The number of rotatable bonds is 6. The molecule has 0 aliphatic heterocycles. The fourth-order valence-corrected chi connectivity index (χ4v) is 3.03. The number of hydrogen-bond donors (Lipinski definition) is 2. The van der Waals surface area contributed by atoms with Gasteiger partial charge in [-0.3, -0.25) is 4.79 Å². The molecule has 1 aromatic heterocycles. The van der Waals surface area contributed by atoms with Crippen molar-refractivity contribution < 1.29 is 18.3 Å². The molecule has 1 heterocycles. The van der Waals surface area contributed by atoms with Crippen LogP contribution in [-0.4, -0.2) is 23.2 Å². The maximum Gasteiger partial charge on any atom is 0.271 e. The number of nitrogen functional groups attached to an aromatic ring is 1. The van der Waals surface area contributed by atoms with Crippen LogP contribution >= 0.6 is 0 Å². The zero-order chi connectivity index (χ0) is 19.6. The Balaban J connectivity index is 1.88. The predicted molar refractivity (Wildman–Crippen MR) is 97.4 cm³/mol. The number of ether oxygens (including phenoxy) is 1. The van der Waals surface area contributed by atoms with Crippen molar-refractivity contribution in [2.75, 3.05) is 12.8 Å². The third-order valence-electron chi connectivity index (χ3n) is 4.38. The van der Waals surface area contributed by atoms with Crippen LogP contribution in [0, 0.1) is 11.6 Å². The molecule has 0 spiro atoms. The number of fused-ring (bicyclic) bond motifs is 1. The summed E-state index contributed by atoms with van der Waals surface area (Å²) in [4.78, 5) is 11.4. The Morgan fingerprint density at radius 1 is 1.15 bits per heavy atom. The second-order valence-corrected chi connectivity index (χ2v) is 6.06. The van der Waals surface area contributed by atoms with E-state index in [0.29, 0.717) is 41.5 Å².